The molecule has 130 valence electrons. The smallest absolute Gasteiger partial charge is 0.161 e. The summed E-state index contributed by atoms with van der Waals surface area (Å²) >= 11 is 6.42. The number of para-hydroxylation sites is 1. The molecule has 0 amide bonds. The van der Waals surface area contributed by atoms with Gasteiger partial charge in [-0.3, -0.25) is 0 Å². The molecule has 2 heterocycles. The summed E-state index contributed by atoms with van der Waals surface area (Å²) in [6.45, 7) is 0. The molecule has 0 spiro atoms. The molecule has 4 heteroatoms. The predicted molar refractivity (Wildman–Crippen MR) is 109 cm³/mol. The van der Waals surface area contributed by atoms with Crippen LogP contribution >= 0.6 is 11.6 Å². The predicted octanol–water partition coefficient (Wildman–Crippen LogP) is 6.67. The number of nitrogens with zero attached hydrogens (tertiary/aromatic N) is 1. The zero-order valence-corrected chi connectivity index (χ0v) is 14.9. The Morgan fingerprint density at radius 1 is 0.815 bits per heavy atom. The van der Waals surface area contributed by atoms with E-state index in [-0.39, 0.29) is 5.75 Å². The van der Waals surface area contributed by atoms with Gasteiger partial charge in [0.05, 0.1) is 5.69 Å². The van der Waals surface area contributed by atoms with Gasteiger partial charge in [0.25, 0.3) is 0 Å². The third-order valence-electron chi connectivity index (χ3n) is 4.63. The summed E-state index contributed by atoms with van der Waals surface area (Å²) in [6.07, 6.45) is 0. The first-order chi connectivity index (χ1) is 13.2. The van der Waals surface area contributed by atoms with E-state index in [1.165, 1.54) is 0 Å². The number of halogens is 1. The maximum atomic E-state index is 9.95. The Labute approximate surface area is 160 Å². The topological polar surface area (TPSA) is 46.3 Å². The number of furan rings is 1. The Hall–Kier alpha value is -3.30. The Kier molecular flexibility index (Phi) is 3.62. The van der Waals surface area contributed by atoms with Crippen molar-refractivity contribution in [1.82, 2.24) is 4.98 Å². The van der Waals surface area contributed by atoms with Crippen LogP contribution in [0.2, 0.25) is 5.02 Å². The largest absolute Gasteiger partial charge is 0.508 e. The molecule has 0 aliphatic carbocycles. The third kappa shape index (κ3) is 2.64. The van der Waals surface area contributed by atoms with E-state index in [1.807, 2.05) is 66.7 Å². The zero-order valence-electron chi connectivity index (χ0n) is 14.2. The summed E-state index contributed by atoms with van der Waals surface area (Å²) in [6, 6.07) is 24.6. The number of benzene rings is 3. The number of rotatable bonds is 2. The van der Waals surface area contributed by atoms with E-state index in [9.17, 15) is 5.11 Å². The molecule has 0 bridgehead atoms. The first-order valence-corrected chi connectivity index (χ1v) is 8.95. The van der Waals surface area contributed by atoms with E-state index >= 15 is 0 Å². The molecule has 5 rings (SSSR count). The molecule has 0 unspecified atom stereocenters. The van der Waals surface area contributed by atoms with E-state index in [0.29, 0.717) is 10.6 Å². The highest BCUT2D eigenvalue weighted by molar-refractivity contribution is 6.33. The molecule has 0 aliphatic heterocycles. The number of fused-ring (bicyclic) bond motifs is 3. The fourth-order valence-corrected chi connectivity index (χ4v) is 3.61. The molecule has 3 aromatic carbocycles. The quantitative estimate of drug-likeness (QED) is 0.376. The van der Waals surface area contributed by atoms with Gasteiger partial charge in [0.2, 0.25) is 0 Å². The zero-order chi connectivity index (χ0) is 18.4. The van der Waals surface area contributed by atoms with Gasteiger partial charge in [-0.25, -0.2) is 4.98 Å². The average molecular weight is 372 g/mol. The average Bonchev–Trinajstić information content (AvgIpc) is 3.06. The van der Waals surface area contributed by atoms with E-state index in [4.69, 9.17) is 21.0 Å². The van der Waals surface area contributed by atoms with Gasteiger partial charge in [-0.2, -0.15) is 0 Å². The Bertz CT molecular complexity index is 1310. The summed E-state index contributed by atoms with van der Waals surface area (Å²) in [5.41, 5.74) is 5.58. The van der Waals surface area contributed by atoms with Crippen molar-refractivity contribution in [2.75, 3.05) is 0 Å². The van der Waals surface area contributed by atoms with Crippen molar-refractivity contribution in [3.8, 4) is 28.1 Å². The molecule has 0 radical (unpaired) electrons. The lowest BCUT2D eigenvalue weighted by Crippen LogP contribution is -1.89. The number of aromatic hydroxyl groups is 1. The second-order valence-corrected chi connectivity index (χ2v) is 6.77. The minimum atomic E-state index is 0.202. The molecule has 0 saturated carbocycles. The van der Waals surface area contributed by atoms with E-state index < -0.39 is 0 Å². The minimum absolute atomic E-state index is 0.202. The molecule has 5 aromatic rings. The highest BCUT2D eigenvalue weighted by Gasteiger charge is 2.17. The minimum Gasteiger partial charge on any atom is -0.508 e. The third-order valence-corrected chi connectivity index (χ3v) is 4.96. The van der Waals surface area contributed by atoms with Crippen LogP contribution in [0.1, 0.15) is 0 Å². The molecule has 0 aliphatic rings. The van der Waals surface area contributed by atoms with Crippen LogP contribution in [-0.2, 0) is 0 Å². The molecule has 1 N–H and O–H groups in total. The molecule has 0 saturated heterocycles. The number of phenols is 1. The Balaban J connectivity index is 1.90. The second-order valence-electron chi connectivity index (χ2n) is 6.36. The molecule has 3 nitrogen and oxygen atoms in total. The van der Waals surface area contributed by atoms with Crippen LogP contribution in [0.15, 0.2) is 83.3 Å². The van der Waals surface area contributed by atoms with Gasteiger partial charge in [-0.15, -0.1) is 0 Å². The first-order valence-electron chi connectivity index (χ1n) is 8.57. The standard InChI is InChI=1S/C23H14ClNO2/c24-19-10-3-1-8-16(19)20-13-18(14-6-5-7-15(26)12-14)23-22(25-20)17-9-2-4-11-21(17)27-23/h1-13,26H. The fraction of sp³-hybridized carbons (Fsp3) is 0. The number of phenolic OH excluding ortho intramolecular Hbond substituents is 1. The summed E-state index contributed by atoms with van der Waals surface area (Å²) < 4.78 is 6.12. The van der Waals surface area contributed by atoms with Crippen molar-refractivity contribution >= 4 is 33.7 Å². The number of hydrogen-bond donors (Lipinski definition) is 1. The normalized spacial score (nSPS) is 11.3. The maximum Gasteiger partial charge on any atom is 0.161 e. The van der Waals surface area contributed by atoms with Crippen molar-refractivity contribution in [3.05, 3.63) is 83.9 Å². The highest BCUT2D eigenvalue weighted by atomic mass is 35.5. The van der Waals surface area contributed by atoms with Crippen LogP contribution in [0.4, 0.5) is 0 Å². The SMILES string of the molecule is Oc1cccc(-c2cc(-c3ccccc3Cl)nc3c2oc2ccccc23)c1. The van der Waals surface area contributed by atoms with Crippen LogP contribution in [-0.4, -0.2) is 10.1 Å². The number of pyridine rings is 1. The van der Waals surface area contributed by atoms with Gasteiger partial charge in [-0.1, -0.05) is 54.1 Å². The van der Waals surface area contributed by atoms with E-state index in [0.717, 1.165) is 38.9 Å². The number of hydrogen-bond acceptors (Lipinski definition) is 3. The van der Waals surface area contributed by atoms with Crippen LogP contribution < -0.4 is 0 Å². The monoisotopic (exact) mass is 371 g/mol. The van der Waals surface area contributed by atoms with Gasteiger partial charge >= 0.3 is 0 Å². The van der Waals surface area contributed by atoms with Crippen LogP contribution in [0.25, 0.3) is 44.5 Å². The number of aromatic nitrogens is 1. The van der Waals surface area contributed by atoms with Crippen molar-refractivity contribution in [3.63, 3.8) is 0 Å². The van der Waals surface area contributed by atoms with Crippen LogP contribution in [0, 0.1) is 0 Å². The lowest BCUT2D eigenvalue weighted by molar-refractivity contribution is 0.475. The lowest BCUT2D eigenvalue weighted by Gasteiger charge is -2.08. The molecule has 2 aromatic heterocycles. The summed E-state index contributed by atoms with van der Waals surface area (Å²) in [5.74, 6) is 0.202. The van der Waals surface area contributed by atoms with Crippen molar-refractivity contribution in [2.45, 2.75) is 0 Å². The summed E-state index contributed by atoms with van der Waals surface area (Å²) in [4.78, 5) is 4.86. The lowest BCUT2D eigenvalue weighted by atomic mass is 10.0. The fourth-order valence-electron chi connectivity index (χ4n) is 3.38. The molecule has 27 heavy (non-hydrogen) atoms. The van der Waals surface area contributed by atoms with Gasteiger partial charge < -0.3 is 9.52 Å². The molecule has 0 atom stereocenters. The molecular weight excluding hydrogens is 358 g/mol. The van der Waals surface area contributed by atoms with Crippen molar-refractivity contribution in [2.24, 2.45) is 0 Å². The molecule has 0 fully saturated rings. The van der Waals surface area contributed by atoms with E-state index in [2.05, 4.69) is 0 Å². The van der Waals surface area contributed by atoms with Gasteiger partial charge in [0, 0.05) is 21.5 Å². The Morgan fingerprint density at radius 3 is 2.48 bits per heavy atom. The van der Waals surface area contributed by atoms with E-state index in [1.54, 1.807) is 12.1 Å². The summed E-state index contributed by atoms with van der Waals surface area (Å²) in [7, 11) is 0. The molecular formula is C23H14ClNO2. The van der Waals surface area contributed by atoms with Crippen LogP contribution in [0.3, 0.4) is 0 Å². The highest BCUT2D eigenvalue weighted by Crippen LogP contribution is 2.39. The van der Waals surface area contributed by atoms with Gasteiger partial charge in [-0.05, 0) is 42.0 Å². The Morgan fingerprint density at radius 2 is 1.63 bits per heavy atom. The summed E-state index contributed by atoms with van der Waals surface area (Å²) in [5, 5.41) is 11.5. The van der Waals surface area contributed by atoms with Crippen LogP contribution in [0.5, 0.6) is 5.75 Å². The van der Waals surface area contributed by atoms with Gasteiger partial charge in [0.1, 0.15) is 16.8 Å². The van der Waals surface area contributed by atoms with Gasteiger partial charge in [0.15, 0.2) is 5.58 Å². The maximum absolute atomic E-state index is 9.95. The first kappa shape index (κ1) is 15.9. The van der Waals surface area contributed by atoms with Crippen molar-refractivity contribution in [1.29, 1.82) is 0 Å². The van der Waals surface area contributed by atoms with Crippen molar-refractivity contribution < 1.29 is 9.52 Å². The second kappa shape index (κ2) is 6.15.